The highest BCUT2D eigenvalue weighted by molar-refractivity contribution is 5.85. The topological polar surface area (TPSA) is 65.5 Å². The van der Waals surface area contributed by atoms with Crippen molar-refractivity contribution < 1.29 is 10.4 Å². The van der Waals surface area contributed by atoms with Crippen molar-refractivity contribution in [1.29, 1.82) is 0 Å². The van der Waals surface area contributed by atoms with Gasteiger partial charge in [-0.05, 0) is 19.4 Å². The summed E-state index contributed by atoms with van der Waals surface area (Å²) in [6, 6.07) is 5.27. The Hall–Kier alpha value is -1.43. The monoisotopic (exact) mass is 221 g/mol. The molecule has 1 atom stereocenters. The highest BCUT2D eigenvalue weighted by Crippen LogP contribution is 2.21. The fourth-order valence-electron chi connectivity index (χ4n) is 1.94. The van der Waals surface area contributed by atoms with E-state index in [0.29, 0.717) is 5.52 Å². The molecule has 0 fully saturated rings. The van der Waals surface area contributed by atoms with Crippen LogP contribution in [0.25, 0.3) is 11.0 Å². The molecular formula is C11H15N3O2. The lowest BCUT2D eigenvalue weighted by atomic mass is 10.2. The summed E-state index contributed by atoms with van der Waals surface area (Å²) >= 11 is 0. The van der Waals surface area contributed by atoms with Gasteiger partial charge in [-0.25, -0.2) is 10.2 Å². The molecule has 1 heterocycles. The van der Waals surface area contributed by atoms with Crippen LogP contribution in [-0.4, -0.2) is 14.8 Å². The summed E-state index contributed by atoms with van der Waals surface area (Å²) in [4.78, 5) is 4.34. The minimum absolute atomic E-state index is 0.274. The van der Waals surface area contributed by atoms with E-state index in [1.54, 1.807) is 12.1 Å². The van der Waals surface area contributed by atoms with Gasteiger partial charge < -0.3 is 9.77 Å². The van der Waals surface area contributed by atoms with Gasteiger partial charge in [0, 0.05) is 12.6 Å². The van der Waals surface area contributed by atoms with E-state index in [1.807, 2.05) is 13.0 Å². The summed E-state index contributed by atoms with van der Waals surface area (Å²) in [7, 11) is 0. The van der Waals surface area contributed by atoms with Crippen molar-refractivity contribution in [1.82, 2.24) is 9.55 Å². The van der Waals surface area contributed by atoms with E-state index < -0.39 is 5.23 Å². The van der Waals surface area contributed by atoms with Crippen LogP contribution in [0.5, 0.6) is 0 Å². The number of benzene rings is 1. The number of hydrogen-bond acceptors (Lipinski definition) is 3. The first-order valence-electron chi connectivity index (χ1n) is 5.34. The maximum Gasteiger partial charge on any atom is 0.191 e. The molecule has 0 aliphatic carbocycles. The number of quaternary nitrogens is 1. The van der Waals surface area contributed by atoms with Crippen LogP contribution in [0.2, 0.25) is 0 Å². The molecule has 1 aromatic heterocycles. The molecule has 0 spiro atoms. The lowest BCUT2D eigenvalue weighted by Gasteiger charge is -2.11. The quantitative estimate of drug-likeness (QED) is 0.764. The van der Waals surface area contributed by atoms with Crippen molar-refractivity contribution in [3.05, 3.63) is 29.2 Å². The Kier molecular flexibility index (Phi) is 2.91. The molecule has 0 radical (unpaired) electrons. The van der Waals surface area contributed by atoms with Crippen molar-refractivity contribution in [3.63, 3.8) is 0 Å². The Bertz CT molecular complexity index is 505. The molecule has 0 saturated heterocycles. The zero-order valence-corrected chi connectivity index (χ0v) is 9.40. The highest BCUT2D eigenvalue weighted by atomic mass is 16.8. The van der Waals surface area contributed by atoms with Gasteiger partial charge in [0.05, 0.1) is 5.52 Å². The van der Waals surface area contributed by atoms with E-state index in [1.165, 1.54) is 0 Å². The summed E-state index contributed by atoms with van der Waals surface area (Å²) in [5, 5.41) is 19.2. The summed E-state index contributed by atoms with van der Waals surface area (Å²) < 4.78 is 2.06. The zero-order valence-electron chi connectivity index (χ0n) is 9.40. The van der Waals surface area contributed by atoms with Crippen molar-refractivity contribution in [2.24, 2.45) is 0 Å². The predicted molar refractivity (Wildman–Crippen MR) is 60.5 cm³/mol. The van der Waals surface area contributed by atoms with Gasteiger partial charge in [-0.15, -0.1) is 0 Å². The molecule has 0 bridgehead atoms. The van der Waals surface area contributed by atoms with E-state index >= 15 is 0 Å². The minimum Gasteiger partial charge on any atom is -0.595 e. The van der Waals surface area contributed by atoms with Crippen LogP contribution in [0, 0.1) is 12.1 Å². The van der Waals surface area contributed by atoms with Crippen LogP contribution in [-0.2, 0) is 6.54 Å². The second kappa shape index (κ2) is 4.21. The van der Waals surface area contributed by atoms with Crippen LogP contribution in [0.4, 0.5) is 5.69 Å². The SMILES string of the molecule is CCCn1c(C)nc2c([NH+]([O-])O)cccc21. The summed E-state index contributed by atoms with van der Waals surface area (Å²) in [5.74, 6) is 0.866. The number of aryl methyl sites for hydroxylation is 2. The summed E-state index contributed by atoms with van der Waals surface area (Å²) in [6.07, 6.45) is 1.00. The normalized spacial score (nSPS) is 13.2. The van der Waals surface area contributed by atoms with Crippen LogP contribution in [0.1, 0.15) is 19.2 Å². The Balaban J connectivity index is 2.67. The zero-order chi connectivity index (χ0) is 11.7. The highest BCUT2D eigenvalue weighted by Gasteiger charge is 2.13. The Labute approximate surface area is 93.5 Å². The maximum atomic E-state index is 11.0. The molecule has 0 aliphatic rings. The molecule has 1 unspecified atom stereocenters. The number of aromatic nitrogens is 2. The van der Waals surface area contributed by atoms with Crippen molar-refractivity contribution in [3.8, 4) is 0 Å². The number of rotatable bonds is 3. The fourth-order valence-corrected chi connectivity index (χ4v) is 1.94. The van der Waals surface area contributed by atoms with E-state index in [4.69, 9.17) is 5.21 Å². The first-order valence-corrected chi connectivity index (χ1v) is 5.34. The number of nitrogens with one attached hydrogen (secondary N) is 1. The molecule has 5 heteroatoms. The van der Waals surface area contributed by atoms with Crippen LogP contribution >= 0.6 is 0 Å². The average molecular weight is 221 g/mol. The summed E-state index contributed by atoms with van der Waals surface area (Å²) in [6.45, 7) is 4.86. The standard InChI is InChI=1S/C11H15N3O2/c1-3-7-13-8(2)12-11-9(13)5-4-6-10(11)14(15)16/h4-6,14-15H,3,7H2,1-2H3. The van der Waals surface area contributed by atoms with Gasteiger partial charge in [-0.2, -0.15) is 5.23 Å². The maximum absolute atomic E-state index is 11.0. The summed E-state index contributed by atoms with van der Waals surface area (Å²) in [5.41, 5.74) is 1.76. The second-order valence-corrected chi connectivity index (χ2v) is 3.79. The molecule has 5 nitrogen and oxygen atoms in total. The first-order chi connectivity index (χ1) is 7.65. The molecule has 1 aromatic carbocycles. The molecule has 2 rings (SSSR count). The predicted octanol–water partition coefficient (Wildman–Crippen LogP) is 1.16. The molecule has 86 valence electrons. The number of para-hydroxylation sites is 1. The average Bonchev–Trinajstić information content (AvgIpc) is 2.56. The lowest BCUT2D eigenvalue weighted by molar-refractivity contribution is -0.990. The van der Waals surface area contributed by atoms with Gasteiger partial charge in [-0.1, -0.05) is 13.0 Å². The van der Waals surface area contributed by atoms with Crippen LogP contribution in [0.3, 0.4) is 0 Å². The van der Waals surface area contributed by atoms with Gasteiger partial charge in [0.25, 0.3) is 0 Å². The van der Waals surface area contributed by atoms with E-state index in [-0.39, 0.29) is 5.69 Å². The number of fused-ring (bicyclic) bond motifs is 1. The third kappa shape index (κ3) is 1.69. The molecule has 0 amide bonds. The number of nitrogens with zero attached hydrogens (tertiary/aromatic N) is 2. The van der Waals surface area contributed by atoms with Crippen LogP contribution in [0.15, 0.2) is 18.2 Å². The lowest BCUT2D eigenvalue weighted by Crippen LogP contribution is -2.99. The molecule has 0 aliphatic heterocycles. The molecule has 2 aromatic rings. The van der Waals surface area contributed by atoms with E-state index in [0.717, 1.165) is 24.3 Å². The third-order valence-electron chi connectivity index (χ3n) is 2.65. The smallest absolute Gasteiger partial charge is 0.191 e. The van der Waals surface area contributed by atoms with Crippen molar-refractivity contribution in [2.75, 3.05) is 0 Å². The first kappa shape index (κ1) is 11.1. The largest absolute Gasteiger partial charge is 0.595 e. The molecule has 2 N–H and O–H groups in total. The van der Waals surface area contributed by atoms with Crippen molar-refractivity contribution in [2.45, 2.75) is 26.8 Å². The fraction of sp³-hybridized carbons (Fsp3) is 0.364. The second-order valence-electron chi connectivity index (χ2n) is 3.79. The molecular weight excluding hydrogens is 206 g/mol. The Morgan fingerprint density at radius 3 is 2.88 bits per heavy atom. The van der Waals surface area contributed by atoms with Gasteiger partial charge in [0.1, 0.15) is 5.82 Å². The number of hydrogen-bond donors (Lipinski definition) is 2. The Morgan fingerprint density at radius 1 is 1.50 bits per heavy atom. The van der Waals surface area contributed by atoms with Gasteiger partial charge >= 0.3 is 0 Å². The van der Waals surface area contributed by atoms with E-state index in [9.17, 15) is 5.21 Å². The minimum atomic E-state index is -0.924. The Morgan fingerprint density at radius 2 is 2.25 bits per heavy atom. The molecule has 0 saturated carbocycles. The molecule has 16 heavy (non-hydrogen) atoms. The van der Waals surface area contributed by atoms with Crippen molar-refractivity contribution >= 4 is 16.7 Å². The number of imidazole rings is 1. The van der Waals surface area contributed by atoms with Gasteiger partial charge in [0.2, 0.25) is 0 Å². The van der Waals surface area contributed by atoms with E-state index in [2.05, 4.69) is 16.5 Å². The third-order valence-corrected chi connectivity index (χ3v) is 2.65. The van der Waals surface area contributed by atoms with Gasteiger partial charge in [-0.3, -0.25) is 0 Å². The van der Waals surface area contributed by atoms with Crippen LogP contribution < -0.4 is 5.23 Å². The van der Waals surface area contributed by atoms with Gasteiger partial charge in [0.15, 0.2) is 11.2 Å².